The molecule has 0 aliphatic carbocycles. The molecule has 1 aromatic heterocycles. The minimum Gasteiger partial charge on any atom is -0.480 e. The number of amides is 1. The maximum absolute atomic E-state index is 12.9. The first-order valence-corrected chi connectivity index (χ1v) is 7.43. The van der Waals surface area contributed by atoms with E-state index < -0.39 is 18.0 Å². The van der Waals surface area contributed by atoms with Crippen molar-refractivity contribution in [1.82, 2.24) is 20.3 Å². The second kappa shape index (κ2) is 8.16. The van der Waals surface area contributed by atoms with E-state index in [4.69, 9.17) is 10.8 Å². The molecule has 0 unspecified atom stereocenters. The molecule has 0 saturated heterocycles. The predicted octanol–water partition coefficient (Wildman–Crippen LogP) is 1.22. The third-order valence-corrected chi connectivity index (χ3v) is 3.38. The molecule has 1 heterocycles. The van der Waals surface area contributed by atoms with E-state index in [-0.39, 0.29) is 12.2 Å². The van der Waals surface area contributed by atoms with Gasteiger partial charge >= 0.3 is 12.0 Å². The smallest absolute Gasteiger partial charge is 0.344 e. The molecule has 9 heteroatoms. The van der Waals surface area contributed by atoms with Crippen molar-refractivity contribution in [1.29, 1.82) is 0 Å². The van der Waals surface area contributed by atoms with Crippen LogP contribution in [-0.2, 0) is 4.79 Å². The molecule has 0 fully saturated rings. The minimum atomic E-state index is -1.13. The topological polar surface area (TPSA) is 123 Å². The second-order valence-electron chi connectivity index (χ2n) is 5.18. The summed E-state index contributed by atoms with van der Waals surface area (Å²) in [5.74, 6) is -1.51. The van der Waals surface area contributed by atoms with E-state index in [1.165, 1.54) is 30.5 Å². The van der Waals surface area contributed by atoms with E-state index >= 15 is 0 Å². The van der Waals surface area contributed by atoms with E-state index in [0.717, 1.165) is 4.68 Å². The van der Waals surface area contributed by atoms with Gasteiger partial charge in [-0.3, -0.25) is 0 Å². The lowest BCUT2D eigenvalue weighted by Crippen LogP contribution is -2.43. The highest BCUT2D eigenvalue weighted by molar-refractivity contribution is 5.83. The number of aromatic nitrogens is 3. The summed E-state index contributed by atoms with van der Waals surface area (Å²) in [6.45, 7) is 0.463. The van der Waals surface area contributed by atoms with Crippen LogP contribution in [0.3, 0.4) is 0 Å². The Morgan fingerprint density at radius 2 is 2.00 bits per heavy atom. The summed E-state index contributed by atoms with van der Waals surface area (Å²) >= 11 is 0. The van der Waals surface area contributed by atoms with Crippen molar-refractivity contribution in [3.05, 3.63) is 36.3 Å². The number of nitrogens with zero attached hydrogens (tertiary/aromatic N) is 3. The van der Waals surface area contributed by atoms with Crippen molar-refractivity contribution in [2.75, 3.05) is 6.54 Å². The molecular formula is C15H18FN5O3. The van der Waals surface area contributed by atoms with Crippen LogP contribution in [0.4, 0.5) is 9.18 Å². The number of aliphatic carboxylic acids is 1. The Labute approximate surface area is 137 Å². The van der Waals surface area contributed by atoms with Crippen molar-refractivity contribution in [2.24, 2.45) is 5.73 Å². The molecule has 2 rings (SSSR count). The fourth-order valence-corrected chi connectivity index (χ4v) is 2.08. The number of benzene rings is 1. The summed E-state index contributed by atoms with van der Waals surface area (Å²) in [5.41, 5.74) is 6.34. The molecule has 0 radical (unpaired) electrons. The predicted molar refractivity (Wildman–Crippen MR) is 83.7 cm³/mol. The number of carboxylic acid groups (broad SMARTS) is 1. The number of rotatable bonds is 7. The van der Waals surface area contributed by atoms with Crippen LogP contribution >= 0.6 is 0 Å². The largest absolute Gasteiger partial charge is 0.480 e. The molecule has 128 valence electrons. The molecule has 4 N–H and O–H groups in total. The Kier molecular flexibility index (Phi) is 5.96. The molecule has 1 amide bonds. The maximum Gasteiger partial charge on any atom is 0.344 e. The zero-order chi connectivity index (χ0) is 17.5. The Hall–Kier alpha value is -2.81. The molecular weight excluding hydrogens is 317 g/mol. The summed E-state index contributed by atoms with van der Waals surface area (Å²) in [4.78, 5) is 23.3. The van der Waals surface area contributed by atoms with E-state index in [0.29, 0.717) is 30.6 Å². The summed E-state index contributed by atoms with van der Waals surface area (Å²) in [7, 11) is 0. The highest BCUT2D eigenvalue weighted by Crippen LogP contribution is 2.16. The molecule has 1 atom stereocenters. The molecule has 24 heavy (non-hydrogen) atoms. The number of halogens is 1. The maximum atomic E-state index is 12.9. The van der Waals surface area contributed by atoms with Crippen LogP contribution in [0.2, 0.25) is 0 Å². The molecule has 2 aromatic rings. The van der Waals surface area contributed by atoms with Crippen LogP contribution in [0, 0.1) is 5.82 Å². The monoisotopic (exact) mass is 335 g/mol. The van der Waals surface area contributed by atoms with E-state index in [1.54, 1.807) is 0 Å². The molecule has 1 aromatic carbocycles. The first-order valence-electron chi connectivity index (χ1n) is 7.43. The Balaban J connectivity index is 2.04. The van der Waals surface area contributed by atoms with Gasteiger partial charge in [-0.05, 0) is 50.1 Å². The summed E-state index contributed by atoms with van der Waals surface area (Å²) in [6.07, 6.45) is 2.89. The van der Waals surface area contributed by atoms with Crippen molar-refractivity contribution in [3.8, 4) is 11.3 Å². The molecule has 0 spiro atoms. The molecule has 0 aliphatic rings. The normalized spacial score (nSPS) is 11.9. The lowest BCUT2D eigenvalue weighted by Gasteiger charge is -2.13. The molecule has 8 nitrogen and oxygen atoms in total. The SMILES string of the molecule is NCCCC[C@H](NC(=O)n1cc(-c2ccc(F)cc2)nn1)C(=O)O. The van der Waals surface area contributed by atoms with Crippen LogP contribution in [0.15, 0.2) is 30.5 Å². The zero-order valence-corrected chi connectivity index (χ0v) is 12.9. The van der Waals surface area contributed by atoms with E-state index in [2.05, 4.69) is 15.6 Å². The first-order chi connectivity index (χ1) is 11.5. The fourth-order valence-electron chi connectivity index (χ4n) is 2.08. The lowest BCUT2D eigenvalue weighted by molar-refractivity contribution is -0.139. The standard InChI is InChI=1S/C15H18FN5O3/c16-11-6-4-10(5-7-11)13-9-21(20-19-13)15(24)18-12(14(22)23)3-1-2-8-17/h4-7,9,12H,1-3,8,17H2,(H,18,24)(H,22,23)/t12-/m0/s1. The van der Waals surface area contributed by atoms with E-state index in [9.17, 15) is 14.0 Å². The summed E-state index contributed by atoms with van der Waals surface area (Å²) in [6, 6.07) is 3.83. The van der Waals surface area contributed by atoms with Crippen LogP contribution < -0.4 is 11.1 Å². The average Bonchev–Trinajstić information content (AvgIpc) is 3.04. The van der Waals surface area contributed by atoms with Gasteiger partial charge in [-0.15, -0.1) is 5.10 Å². The molecule has 0 saturated carbocycles. The van der Waals surface area contributed by atoms with Gasteiger partial charge in [0, 0.05) is 5.56 Å². The van der Waals surface area contributed by atoms with Gasteiger partial charge in [-0.2, -0.15) is 4.68 Å². The van der Waals surface area contributed by atoms with Crippen molar-refractivity contribution >= 4 is 12.0 Å². The van der Waals surface area contributed by atoms with Gasteiger partial charge in [0.25, 0.3) is 0 Å². The van der Waals surface area contributed by atoms with Gasteiger partial charge in [0.2, 0.25) is 0 Å². The van der Waals surface area contributed by atoms with Crippen LogP contribution in [0.5, 0.6) is 0 Å². The summed E-state index contributed by atoms with van der Waals surface area (Å²) in [5, 5.41) is 19.0. The number of hydrogen-bond donors (Lipinski definition) is 3. The van der Waals surface area contributed by atoms with Crippen LogP contribution in [0.1, 0.15) is 19.3 Å². The fraction of sp³-hybridized carbons (Fsp3) is 0.333. The highest BCUT2D eigenvalue weighted by atomic mass is 19.1. The van der Waals surface area contributed by atoms with Crippen molar-refractivity contribution in [2.45, 2.75) is 25.3 Å². The Bertz CT molecular complexity index is 701. The molecule has 0 bridgehead atoms. The van der Waals surface area contributed by atoms with Gasteiger partial charge in [0.05, 0.1) is 6.20 Å². The number of nitrogens with one attached hydrogen (secondary N) is 1. The second-order valence-corrected chi connectivity index (χ2v) is 5.18. The van der Waals surface area contributed by atoms with Gasteiger partial charge in [-0.1, -0.05) is 5.21 Å². The van der Waals surface area contributed by atoms with Gasteiger partial charge < -0.3 is 16.2 Å². The number of carboxylic acids is 1. The summed E-state index contributed by atoms with van der Waals surface area (Å²) < 4.78 is 13.8. The van der Waals surface area contributed by atoms with E-state index in [1.807, 2.05) is 0 Å². The Morgan fingerprint density at radius 3 is 2.62 bits per heavy atom. The van der Waals surface area contributed by atoms with Crippen molar-refractivity contribution in [3.63, 3.8) is 0 Å². The quantitative estimate of drug-likeness (QED) is 0.654. The third-order valence-electron chi connectivity index (χ3n) is 3.38. The Morgan fingerprint density at radius 1 is 1.29 bits per heavy atom. The number of carbonyl (C=O) groups is 2. The van der Waals surface area contributed by atoms with Gasteiger partial charge in [0.1, 0.15) is 17.6 Å². The first kappa shape index (κ1) is 17.5. The van der Waals surface area contributed by atoms with Crippen molar-refractivity contribution < 1.29 is 19.1 Å². The zero-order valence-electron chi connectivity index (χ0n) is 12.9. The average molecular weight is 335 g/mol. The van der Waals surface area contributed by atoms with Gasteiger partial charge in [0.15, 0.2) is 0 Å². The van der Waals surface area contributed by atoms with Gasteiger partial charge in [-0.25, -0.2) is 14.0 Å². The number of hydrogen-bond acceptors (Lipinski definition) is 5. The lowest BCUT2D eigenvalue weighted by atomic mass is 10.1. The van der Waals surface area contributed by atoms with Crippen LogP contribution in [0.25, 0.3) is 11.3 Å². The molecule has 0 aliphatic heterocycles. The number of carbonyl (C=O) groups excluding carboxylic acids is 1. The highest BCUT2D eigenvalue weighted by Gasteiger charge is 2.21. The minimum absolute atomic E-state index is 0.276. The number of nitrogens with two attached hydrogens (primary N) is 1. The third kappa shape index (κ3) is 4.59. The van der Waals surface area contributed by atoms with Crippen LogP contribution in [-0.4, -0.2) is 44.7 Å². The number of unbranched alkanes of at least 4 members (excludes halogenated alkanes) is 1.